The zero-order chi connectivity index (χ0) is 22.2. The largest absolute Gasteiger partial charge is 0.497 e. The second kappa shape index (κ2) is 10.3. The van der Waals surface area contributed by atoms with Gasteiger partial charge in [0.05, 0.1) is 7.11 Å². The first-order valence-corrected chi connectivity index (χ1v) is 9.93. The summed E-state index contributed by atoms with van der Waals surface area (Å²) >= 11 is 0. The van der Waals surface area contributed by atoms with Crippen LogP contribution in [-0.4, -0.2) is 30.1 Å². The van der Waals surface area contributed by atoms with E-state index in [9.17, 15) is 9.59 Å². The van der Waals surface area contributed by atoms with Gasteiger partial charge in [-0.3, -0.25) is 9.59 Å². The van der Waals surface area contributed by atoms with Gasteiger partial charge in [-0.25, -0.2) is 0 Å². The maximum Gasteiger partial charge on any atom is 0.273 e. The first-order chi connectivity index (χ1) is 15.0. The van der Waals surface area contributed by atoms with E-state index in [1.807, 2.05) is 13.8 Å². The predicted molar refractivity (Wildman–Crippen MR) is 115 cm³/mol. The van der Waals surface area contributed by atoms with Gasteiger partial charge >= 0.3 is 0 Å². The minimum absolute atomic E-state index is 0.0626. The Morgan fingerprint density at radius 3 is 2.35 bits per heavy atom. The number of hydrogen-bond acceptors (Lipinski definition) is 6. The van der Waals surface area contributed by atoms with Crippen molar-refractivity contribution in [3.05, 3.63) is 71.6 Å². The molecular formula is C23H25N3O5. The zero-order valence-electron chi connectivity index (χ0n) is 17.7. The summed E-state index contributed by atoms with van der Waals surface area (Å²) in [5.74, 6) is 1.21. The molecule has 0 radical (unpaired) electrons. The number of rotatable bonds is 9. The third kappa shape index (κ3) is 6.08. The summed E-state index contributed by atoms with van der Waals surface area (Å²) in [5, 5.41) is 9.43. The number of methoxy groups -OCH3 is 1. The molecule has 8 nitrogen and oxygen atoms in total. The van der Waals surface area contributed by atoms with E-state index in [4.69, 9.17) is 14.0 Å². The molecule has 162 valence electrons. The lowest BCUT2D eigenvalue weighted by molar-refractivity contribution is 0.0929. The molecule has 1 atom stereocenters. The summed E-state index contributed by atoms with van der Waals surface area (Å²) in [6.45, 7) is 4.04. The van der Waals surface area contributed by atoms with Crippen LogP contribution >= 0.6 is 0 Å². The van der Waals surface area contributed by atoms with Crippen molar-refractivity contribution in [2.24, 2.45) is 0 Å². The molecule has 2 amide bonds. The van der Waals surface area contributed by atoms with Crippen LogP contribution in [0.2, 0.25) is 0 Å². The van der Waals surface area contributed by atoms with Gasteiger partial charge in [-0.15, -0.1) is 0 Å². The Labute approximate surface area is 180 Å². The maximum atomic E-state index is 12.3. The number of carbonyl (C=O) groups is 2. The summed E-state index contributed by atoms with van der Waals surface area (Å²) in [7, 11) is 1.57. The lowest BCUT2D eigenvalue weighted by atomic mass is 10.2. The molecule has 0 saturated heterocycles. The average Bonchev–Trinajstić information content (AvgIpc) is 3.28. The quantitative estimate of drug-likeness (QED) is 0.538. The van der Waals surface area contributed by atoms with Gasteiger partial charge in [-0.1, -0.05) is 12.1 Å². The third-order valence-corrected chi connectivity index (χ3v) is 4.63. The molecule has 1 heterocycles. The molecule has 0 fully saturated rings. The average molecular weight is 423 g/mol. The predicted octanol–water partition coefficient (Wildman–Crippen LogP) is 4.04. The normalized spacial score (nSPS) is 11.5. The van der Waals surface area contributed by atoms with Crippen LogP contribution in [0.15, 0.2) is 59.1 Å². The Bertz CT molecular complexity index is 1010. The van der Waals surface area contributed by atoms with Crippen molar-refractivity contribution >= 4 is 17.5 Å². The Balaban J connectivity index is 1.51. The Hall–Kier alpha value is -3.81. The van der Waals surface area contributed by atoms with E-state index in [0.717, 1.165) is 6.42 Å². The first kappa shape index (κ1) is 21.9. The molecule has 8 heteroatoms. The fraction of sp³-hybridized carbons (Fsp3) is 0.261. The van der Waals surface area contributed by atoms with Gasteiger partial charge in [0.15, 0.2) is 11.5 Å². The van der Waals surface area contributed by atoms with Gasteiger partial charge in [0.25, 0.3) is 11.8 Å². The number of nitrogens with zero attached hydrogens (tertiary/aromatic N) is 1. The SMILES string of the molecule is CCC(C)NC(=O)c1cc(COc2ccc(NC(=O)c3ccc(OC)cc3)cc2)on1. The van der Waals surface area contributed by atoms with Crippen LogP contribution in [0.4, 0.5) is 5.69 Å². The van der Waals surface area contributed by atoms with E-state index < -0.39 is 0 Å². The fourth-order valence-electron chi connectivity index (χ4n) is 2.62. The number of amides is 2. The summed E-state index contributed by atoms with van der Waals surface area (Å²) in [5.41, 5.74) is 1.38. The molecule has 0 aliphatic rings. The van der Waals surface area contributed by atoms with Crippen molar-refractivity contribution in [2.45, 2.75) is 32.9 Å². The highest BCUT2D eigenvalue weighted by molar-refractivity contribution is 6.04. The molecule has 31 heavy (non-hydrogen) atoms. The zero-order valence-corrected chi connectivity index (χ0v) is 17.7. The molecular weight excluding hydrogens is 398 g/mol. The van der Waals surface area contributed by atoms with Gasteiger partial charge in [0.2, 0.25) is 0 Å². The molecule has 3 aromatic rings. The maximum absolute atomic E-state index is 12.3. The van der Waals surface area contributed by atoms with E-state index in [1.165, 1.54) is 0 Å². The van der Waals surface area contributed by atoms with Crippen molar-refractivity contribution in [1.82, 2.24) is 10.5 Å². The molecule has 1 unspecified atom stereocenters. The molecule has 2 N–H and O–H groups in total. The molecule has 1 aromatic heterocycles. The molecule has 2 aromatic carbocycles. The van der Waals surface area contributed by atoms with Crippen LogP contribution in [-0.2, 0) is 6.61 Å². The molecule has 3 rings (SSSR count). The van der Waals surface area contributed by atoms with Crippen LogP contribution < -0.4 is 20.1 Å². The van der Waals surface area contributed by atoms with Crippen LogP contribution in [0.25, 0.3) is 0 Å². The van der Waals surface area contributed by atoms with E-state index in [2.05, 4.69) is 15.8 Å². The highest BCUT2D eigenvalue weighted by Crippen LogP contribution is 2.19. The molecule has 0 aliphatic carbocycles. The van der Waals surface area contributed by atoms with Crippen molar-refractivity contribution in [3.63, 3.8) is 0 Å². The number of nitrogens with one attached hydrogen (secondary N) is 2. The summed E-state index contributed by atoms with van der Waals surface area (Å²) in [4.78, 5) is 24.4. The second-order valence-corrected chi connectivity index (χ2v) is 6.96. The van der Waals surface area contributed by atoms with Gasteiger partial charge in [-0.05, 0) is 61.9 Å². The monoisotopic (exact) mass is 423 g/mol. The Morgan fingerprint density at radius 2 is 1.71 bits per heavy atom. The number of anilines is 1. The van der Waals surface area contributed by atoms with Crippen molar-refractivity contribution in [3.8, 4) is 11.5 Å². The van der Waals surface area contributed by atoms with E-state index in [1.54, 1.807) is 61.7 Å². The summed E-state index contributed by atoms with van der Waals surface area (Å²) in [6.07, 6.45) is 0.829. The minimum Gasteiger partial charge on any atom is -0.497 e. The Kier molecular flexibility index (Phi) is 7.26. The van der Waals surface area contributed by atoms with Gasteiger partial charge in [0, 0.05) is 23.4 Å². The number of carbonyl (C=O) groups excluding carboxylic acids is 2. The van der Waals surface area contributed by atoms with E-state index in [0.29, 0.717) is 28.5 Å². The highest BCUT2D eigenvalue weighted by Gasteiger charge is 2.14. The van der Waals surface area contributed by atoms with Crippen LogP contribution in [0.3, 0.4) is 0 Å². The topological polar surface area (TPSA) is 103 Å². The standard InChI is InChI=1S/C23H25N3O5/c1-4-15(2)24-23(28)21-13-20(31-26-21)14-30-19-11-7-17(8-12-19)25-22(27)16-5-9-18(29-3)10-6-16/h5-13,15H,4,14H2,1-3H3,(H,24,28)(H,25,27). The van der Waals surface area contributed by atoms with Crippen LogP contribution in [0.1, 0.15) is 46.9 Å². The van der Waals surface area contributed by atoms with Gasteiger partial charge < -0.3 is 24.6 Å². The third-order valence-electron chi connectivity index (χ3n) is 4.63. The van der Waals surface area contributed by atoms with Gasteiger partial charge in [0.1, 0.15) is 18.1 Å². The van der Waals surface area contributed by atoms with E-state index >= 15 is 0 Å². The number of ether oxygens (including phenoxy) is 2. The molecule has 0 saturated carbocycles. The lowest BCUT2D eigenvalue weighted by Gasteiger charge is -2.08. The van der Waals surface area contributed by atoms with Crippen molar-refractivity contribution < 1.29 is 23.6 Å². The first-order valence-electron chi connectivity index (χ1n) is 9.93. The summed E-state index contributed by atoms with van der Waals surface area (Å²) < 4.78 is 15.9. The van der Waals surface area contributed by atoms with Crippen LogP contribution in [0.5, 0.6) is 11.5 Å². The van der Waals surface area contributed by atoms with Crippen molar-refractivity contribution in [2.75, 3.05) is 12.4 Å². The van der Waals surface area contributed by atoms with Gasteiger partial charge in [-0.2, -0.15) is 0 Å². The number of aromatic nitrogens is 1. The lowest BCUT2D eigenvalue weighted by Crippen LogP contribution is -2.32. The van der Waals surface area contributed by atoms with Crippen LogP contribution in [0, 0.1) is 0 Å². The summed E-state index contributed by atoms with van der Waals surface area (Å²) in [6, 6.07) is 15.4. The highest BCUT2D eigenvalue weighted by atomic mass is 16.5. The Morgan fingerprint density at radius 1 is 1.03 bits per heavy atom. The van der Waals surface area contributed by atoms with Crippen molar-refractivity contribution in [1.29, 1.82) is 0 Å². The number of benzene rings is 2. The smallest absolute Gasteiger partial charge is 0.273 e. The molecule has 0 bridgehead atoms. The molecule has 0 aliphatic heterocycles. The van der Waals surface area contributed by atoms with E-state index in [-0.39, 0.29) is 30.2 Å². The fourth-order valence-corrected chi connectivity index (χ4v) is 2.62. The second-order valence-electron chi connectivity index (χ2n) is 6.96. The minimum atomic E-state index is -0.277. The number of hydrogen-bond donors (Lipinski definition) is 2. The molecule has 0 spiro atoms.